The number of rotatable bonds is 5. The summed E-state index contributed by atoms with van der Waals surface area (Å²) in [5.74, 6) is 2.00. The number of esters is 1. The lowest BCUT2D eigenvalue weighted by Gasteiger charge is -2.66. The first-order valence-corrected chi connectivity index (χ1v) is 12.2. The molecular formula is C26H44O3. The monoisotopic (exact) mass is 404 g/mol. The zero-order valence-electron chi connectivity index (χ0n) is 20.0. The Hall–Kier alpha value is -0.860. The lowest BCUT2D eigenvalue weighted by Crippen LogP contribution is -2.60. The van der Waals surface area contributed by atoms with Gasteiger partial charge in [0.15, 0.2) is 0 Å². The molecule has 3 aliphatic rings. The normalized spacial score (nSPS) is 42.5. The van der Waals surface area contributed by atoms with Crippen LogP contribution in [0.4, 0.5) is 0 Å². The van der Waals surface area contributed by atoms with Crippen molar-refractivity contribution in [1.29, 1.82) is 0 Å². The van der Waals surface area contributed by atoms with Gasteiger partial charge in [0.1, 0.15) is 5.78 Å². The van der Waals surface area contributed by atoms with Crippen LogP contribution in [0.15, 0.2) is 0 Å². The quantitative estimate of drug-likeness (QED) is 0.495. The second kappa shape index (κ2) is 8.00. The molecule has 0 bridgehead atoms. The van der Waals surface area contributed by atoms with Crippen molar-refractivity contribution in [1.82, 2.24) is 0 Å². The Morgan fingerprint density at radius 3 is 2.45 bits per heavy atom. The molecule has 0 amide bonds. The van der Waals surface area contributed by atoms with Crippen LogP contribution in [-0.4, -0.2) is 18.4 Å². The molecule has 0 heterocycles. The average Bonchev–Trinajstić information content (AvgIpc) is 2.63. The van der Waals surface area contributed by atoms with Gasteiger partial charge in [-0.3, -0.25) is 9.59 Å². The molecule has 0 saturated heterocycles. The molecule has 166 valence electrons. The van der Waals surface area contributed by atoms with Crippen molar-refractivity contribution in [2.24, 2.45) is 45.8 Å². The highest BCUT2D eigenvalue weighted by atomic mass is 16.5. The second-order valence-corrected chi connectivity index (χ2v) is 11.8. The van der Waals surface area contributed by atoms with Gasteiger partial charge in [-0.2, -0.15) is 0 Å². The molecular weight excluding hydrogens is 360 g/mol. The first-order valence-electron chi connectivity index (χ1n) is 12.2. The highest BCUT2D eigenvalue weighted by molar-refractivity contribution is 5.82. The average molecular weight is 405 g/mol. The molecule has 3 saturated carbocycles. The molecule has 0 spiro atoms. The van der Waals surface area contributed by atoms with Gasteiger partial charge >= 0.3 is 5.97 Å². The highest BCUT2D eigenvalue weighted by Gasteiger charge is 2.62. The van der Waals surface area contributed by atoms with Crippen molar-refractivity contribution in [3.05, 3.63) is 0 Å². The van der Waals surface area contributed by atoms with Gasteiger partial charge in [0.25, 0.3) is 0 Å². The van der Waals surface area contributed by atoms with E-state index in [1.165, 1.54) is 32.1 Å². The SMILES string of the molecule is CCOC(=O)[C@H](C)CC[C@H]1[C@H](C)C(=O)C[C@H]2[C@]3(C)CCCC(C)(C)[C@H]3CC[C@@]21C. The number of carbonyl (C=O) groups is 2. The van der Waals surface area contributed by atoms with Crippen molar-refractivity contribution >= 4 is 11.8 Å². The largest absolute Gasteiger partial charge is 0.466 e. The number of ether oxygens (including phenoxy) is 1. The lowest BCUT2D eigenvalue weighted by molar-refractivity contribution is -0.181. The van der Waals surface area contributed by atoms with Crippen LogP contribution in [0.25, 0.3) is 0 Å². The molecule has 0 N–H and O–H groups in total. The summed E-state index contributed by atoms with van der Waals surface area (Å²) >= 11 is 0. The number of fused-ring (bicyclic) bond motifs is 3. The van der Waals surface area contributed by atoms with E-state index >= 15 is 0 Å². The Morgan fingerprint density at radius 1 is 1.10 bits per heavy atom. The fourth-order valence-electron chi connectivity index (χ4n) is 8.19. The predicted octanol–water partition coefficient (Wildman–Crippen LogP) is 6.44. The maximum Gasteiger partial charge on any atom is 0.308 e. The van der Waals surface area contributed by atoms with Gasteiger partial charge in [-0.1, -0.05) is 48.0 Å². The van der Waals surface area contributed by atoms with Crippen LogP contribution >= 0.6 is 0 Å². The smallest absolute Gasteiger partial charge is 0.308 e. The van der Waals surface area contributed by atoms with E-state index in [1.54, 1.807) is 0 Å². The summed E-state index contributed by atoms with van der Waals surface area (Å²) in [6.07, 6.45) is 8.97. The van der Waals surface area contributed by atoms with Crippen LogP contribution in [0.2, 0.25) is 0 Å². The van der Waals surface area contributed by atoms with E-state index in [0.29, 0.717) is 29.6 Å². The van der Waals surface area contributed by atoms with Gasteiger partial charge in [-0.15, -0.1) is 0 Å². The summed E-state index contributed by atoms with van der Waals surface area (Å²) in [6, 6.07) is 0. The fourth-order valence-corrected chi connectivity index (χ4v) is 8.19. The zero-order chi connectivity index (χ0) is 21.6. The molecule has 3 nitrogen and oxygen atoms in total. The van der Waals surface area contributed by atoms with E-state index in [2.05, 4.69) is 34.6 Å². The van der Waals surface area contributed by atoms with Gasteiger partial charge in [-0.05, 0) is 79.4 Å². The summed E-state index contributed by atoms with van der Waals surface area (Å²) in [4.78, 5) is 25.3. The molecule has 0 aliphatic heterocycles. The molecule has 3 rings (SSSR count). The van der Waals surface area contributed by atoms with Crippen molar-refractivity contribution < 1.29 is 14.3 Å². The number of hydrogen-bond donors (Lipinski definition) is 0. The minimum Gasteiger partial charge on any atom is -0.466 e. The Labute approximate surface area is 178 Å². The third kappa shape index (κ3) is 3.81. The third-order valence-corrected chi connectivity index (χ3v) is 9.80. The first kappa shape index (κ1) is 22.8. The number of Topliss-reactive ketones (excluding diaryl/α,β-unsaturated/α-hetero) is 1. The minimum atomic E-state index is -0.0892. The molecule has 7 atom stereocenters. The van der Waals surface area contributed by atoms with Crippen LogP contribution < -0.4 is 0 Å². The summed E-state index contributed by atoms with van der Waals surface area (Å²) in [6.45, 7) is 16.4. The van der Waals surface area contributed by atoms with Crippen LogP contribution in [0, 0.1) is 45.8 Å². The van der Waals surface area contributed by atoms with Gasteiger partial charge in [0.2, 0.25) is 0 Å². The minimum absolute atomic E-state index is 0.0817. The second-order valence-electron chi connectivity index (χ2n) is 11.8. The molecule has 0 unspecified atom stereocenters. The summed E-state index contributed by atoms with van der Waals surface area (Å²) in [5, 5.41) is 0. The number of hydrogen-bond acceptors (Lipinski definition) is 3. The molecule has 3 fully saturated rings. The first-order chi connectivity index (χ1) is 13.5. The summed E-state index contributed by atoms with van der Waals surface area (Å²) < 4.78 is 5.23. The van der Waals surface area contributed by atoms with E-state index in [1.807, 2.05) is 13.8 Å². The van der Waals surface area contributed by atoms with E-state index in [-0.39, 0.29) is 28.6 Å². The summed E-state index contributed by atoms with van der Waals surface area (Å²) in [5.41, 5.74) is 0.865. The highest BCUT2D eigenvalue weighted by Crippen LogP contribution is 2.69. The predicted molar refractivity (Wildman–Crippen MR) is 117 cm³/mol. The zero-order valence-corrected chi connectivity index (χ0v) is 20.0. The molecule has 0 aromatic rings. The van der Waals surface area contributed by atoms with Crippen LogP contribution in [0.1, 0.15) is 99.8 Å². The van der Waals surface area contributed by atoms with E-state index in [4.69, 9.17) is 4.74 Å². The molecule has 0 aromatic heterocycles. The summed E-state index contributed by atoms with van der Waals surface area (Å²) in [7, 11) is 0. The maximum absolute atomic E-state index is 13.2. The van der Waals surface area contributed by atoms with Crippen molar-refractivity contribution in [2.45, 2.75) is 99.8 Å². The molecule has 3 heteroatoms. The van der Waals surface area contributed by atoms with Crippen LogP contribution in [-0.2, 0) is 14.3 Å². The maximum atomic E-state index is 13.2. The Kier molecular flexibility index (Phi) is 6.30. The van der Waals surface area contributed by atoms with Gasteiger partial charge in [-0.25, -0.2) is 0 Å². The number of carbonyl (C=O) groups excluding carboxylic acids is 2. The van der Waals surface area contributed by atoms with E-state index in [9.17, 15) is 9.59 Å². The molecule has 29 heavy (non-hydrogen) atoms. The number of ketones is 1. The van der Waals surface area contributed by atoms with E-state index < -0.39 is 0 Å². The molecule has 0 radical (unpaired) electrons. The van der Waals surface area contributed by atoms with E-state index in [0.717, 1.165) is 25.2 Å². The third-order valence-electron chi connectivity index (χ3n) is 9.80. The Balaban J connectivity index is 1.86. The lowest BCUT2D eigenvalue weighted by atomic mass is 9.38. The Bertz CT molecular complexity index is 638. The standard InChI is InChI=1S/C26H44O3/c1-8-29-23(28)17(2)10-11-19-18(3)20(27)16-22-25(19,6)15-12-21-24(4,5)13-9-14-26(21,22)7/h17-19,21-22H,8-16H2,1-7H3/t17-,18+,19+,21-,22-,25-,26-/m1/s1. The van der Waals surface area contributed by atoms with Gasteiger partial charge in [0, 0.05) is 12.3 Å². The molecule has 3 aliphatic carbocycles. The molecule has 0 aromatic carbocycles. The van der Waals surface area contributed by atoms with Crippen molar-refractivity contribution in [2.75, 3.05) is 6.61 Å². The fraction of sp³-hybridized carbons (Fsp3) is 0.923. The van der Waals surface area contributed by atoms with Crippen molar-refractivity contribution in [3.8, 4) is 0 Å². The van der Waals surface area contributed by atoms with Crippen molar-refractivity contribution in [3.63, 3.8) is 0 Å². The topological polar surface area (TPSA) is 43.4 Å². The van der Waals surface area contributed by atoms with Crippen LogP contribution in [0.3, 0.4) is 0 Å². The van der Waals surface area contributed by atoms with Crippen LogP contribution in [0.5, 0.6) is 0 Å². The van der Waals surface area contributed by atoms with Gasteiger partial charge in [0.05, 0.1) is 12.5 Å². The Morgan fingerprint density at radius 2 is 1.79 bits per heavy atom. The van der Waals surface area contributed by atoms with Gasteiger partial charge < -0.3 is 4.74 Å².